The maximum atomic E-state index is 11.4. The molecule has 1 amide bonds. The van der Waals surface area contributed by atoms with Gasteiger partial charge in [0.2, 0.25) is 0 Å². The normalized spacial score (nSPS) is 14.9. The maximum Gasteiger partial charge on any atom is 0.271 e. The first-order chi connectivity index (χ1) is 12.8. The molecule has 9 heteroatoms. The van der Waals surface area contributed by atoms with E-state index in [1.165, 1.54) is 12.1 Å². The number of hydrogen-bond donors (Lipinski definition) is 2. The molecule has 0 unspecified atom stereocenters. The topological polar surface area (TPSA) is 135 Å². The summed E-state index contributed by atoms with van der Waals surface area (Å²) in [6.45, 7) is 3.26. The second-order valence-electron chi connectivity index (χ2n) is 6.69. The third kappa shape index (κ3) is 4.13. The third-order valence-electron chi connectivity index (χ3n) is 4.85. The third-order valence-corrected chi connectivity index (χ3v) is 4.85. The number of nitrogens with two attached hydrogens (primary N) is 1. The van der Waals surface area contributed by atoms with Crippen LogP contribution in [0.4, 0.5) is 11.4 Å². The summed E-state index contributed by atoms with van der Waals surface area (Å²) in [6, 6.07) is 6.56. The quantitative estimate of drug-likeness (QED) is 0.605. The van der Waals surface area contributed by atoms with E-state index in [2.05, 4.69) is 14.9 Å². The highest BCUT2D eigenvalue weighted by Crippen LogP contribution is 2.27. The van der Waals surface area contributed by atoms with E-state index in [0.717, 1.165) is 31.6 Å². The van der Waals surface area contributed by atoms with Crippen LogP contribution in [0.2, 0.25) is 0 Å². The summed E-state index contributed by atoms with van der Waals surface area (Å²) in [6.07, 6.45) is 2.42. The van der Waals surface area contributed by atoms with Crippen LogP contribution in [0.5, 0.6) is 5.75 Å². The lowest BCUT2D eigenvalue weighted by Crippen LogP contribution is -2.34. The molecule has 1 fully saturated rings. The Morgan fingerprint density at radius 2 is 1.93 bits per heavy atom. The molecule has 2 heterocycles. The molecule has 27 heavy (non-hydrogen) atoms. The Morgan fingerprint density at radius 1 is 1.30 bits per heavy atom. The summed E-state index contributed by atoms with van der Waals surface area (Å²) in [4.78, 5) is 32.3. The van der Waals surface area contributed by atoms with Gasteiger partial charge in [0.25, 0.3) is 11.6 Å². The molecule has 0 radical (unpaired) electrons. The minimum atomic E-state index is -0.771. The van der Waals surface area contributed by atoms with Gasteiger partial charge in [0.05, 0.1) is 10.6 Å². The number of nitro benzene ring substituents is 1. The van der Waals surface area contributed by atoms with Crippen molar-refractivity contribution in [1.82, 2.24) is 9.97 Å². The fourth-order valence-corrected chi connectivity index (χ4v) is 3.33. The summed E-state index contributed by atoms with van der Waals surface area (Å²) in [7, 11) is 0. The fourth-order valence-electron chi connectivity index (χ4n) is 3.33. The highest BCUT2D eigenvalue weighted by molar-refractivity contribution is 5.93. The average Bonchev–Trinajstić information content (AvgIpc) is 2.65. The summed E-state index contributed by atoms with van der Waals surface area (Å²) in [5.74, 6) is -0.177. The predicted octanol–water partition coefficient (Wildman–Crippen LogP) is 1.96. The molecule has 9 nitrogen and oxygen atoms in total. The zero-order chi connectivity index (χ0) is 19.6. The first-order valence-corrected chi connectivity index (χ1v) is 8.71. The van der Waals surface area contributed by atoms with Crippen LogP contribution in [0.1, 0.15) is 34.8 Å². The summed E-state index contributed by atoms with van der Waals surface area (Å²) in [5.41, 5.74) is 6.51. The molecule has 0 saturated carbocycles. The van der Waals surface area contributed by atoms with Crippen LogP contribution in [0, 0.1) is 23.0 Å². The summed E-state index contributed by atoms with van der Waals surface area (Å²) in [5, 5.41) is 20.6. The zero-order valence-corrected chi connectivity index (χ0v) is 15.0. The van der Waals surface area contributed by atoms with Crippen LogP contribution in [-0.4, -0.2) is 39.0 Å². The minimum Gasteiger partial charge on any atom is -0.504 e. The van der Waals surface area contributed by atoms with Crippen molar-refractivity contribution in [2.75, 3.05) is 18.0 Å². The molecule has 0 bridgehead atoms. The van der Waals surface area contributed by atoms with Gasteiger partial charge in [-0.1, -0.05) is 0 Å². The van der Waals surface area contributed by atoms with E-state index in [0.29, 0.717) is 23.9 Å². The number of non-ortho nitro benzene ring substituents is 1. The molecular formula is C18H21N5O4. The summed E-state index contributed by atoms with van der Waals surface area (Å²) < 4.78 is 0. The number of hydrogen-bond acceptors (Lipinski definition) is 7. The van der Waals surface area contributed by atoms with Gasteiger partial charge < -0.3 is 15.7 Å². The van der Waals surface area contributed by atoms with E-state index >= 15 is 0 Å². The SMILES string of the molecule is Cc1nc(CC2CCN(c3ccc([N+](=O)[O-])cc3)CC2)nc(C(N)=O)c1O. The van der Waals surface area contributed by atoms with E-state index in [9.17, 15) is 20.0 Å². The highest BCUT2D eigenvalue weighted by atomic mass is 16.6. The van der Waals surface area contributed by atoms with Crippen LogP contribution >= 0.6 is 0 Å². The average molecular weight is 371 g/mol. The number of aromatic hydroxyl groups is 1. The second kappa shape index (κ2) is 7.56. The Hall–Kier alpha value is -3.23. The van der Waals surface area contributed by atoms with E-state index < -0.39 is 10.8 Å². The molecule has 1 aromatic carbocycles. The van der Waals surface area contributed by atoms with Gasteiger partial charge in [0.15, 0.2) is 11.4 Å². The largest absolute Gasteiger partial charge is 0.504 e. The Balaban J connectivity index is 1.63. The summed E-state index contributed by atoms with van der Waals surface area (Å²) >= 11 is 0. The van der Waals surface area contributed by atoms with Crippen molar-refractivity contribution >= 4 is 17.3 Å². The number of amides is 1. The Morgan fingerprint density at radius 3 is 2.48 bits per heavy atom. The molecule has 1 aromatic heterocycles. The number of benzene rings is 1. The van der Waals surface area contributed by atoms with Crippen LogP contribution < -0.4 is 10.6 Å². The van der Waals surface area contributed by atoms with Crippen molar-refractivity contribution in [3.63, 3.8) is 0 Å². The number of nitrogens with zero attached hydrogens (tertiary/aromatic N) is 4. The first-order valence-electron chi connectivity index (χ1n) is 8.71. The molecule has 142 valence electrons. The minimum absolute atomic E-state index is 0.0822. The van der Waals surface area contributed by atoms with Gasteiger partial charge >= 0.3 is 0 Å². The monoisotopic (exact) mass is 371 g/mol. The van der Waals surface area contributed by atoms with E-state index in [4.69, 9.17) is 5.73 Å². The molecule has 2 aromatic rings. The van der Waals surface area contributed by atoms with Crippen LogP contribution in [0.15, 0.2) is 24.3 Å². The van der Waals surface area contributed by atoms with Gasteiger partial charge in [0.1, 0.15) is 5.82 Å². The van der Waals surface area contributed by atoms with Crippen LogP contribution in [0.25, 0.3) is 0 Å². The van der Waals surface area contributed by atoms with E-state index in [1.807, 2.05) is 0 Å². The fraction of sp³-hybridized carbons (Fsp3) is 0.389. The van der Waals surface area contributed by atoms with E-state index in [-0.39, 0.29) is 17.1 Å². The number of aryl methyl sites for hydroxylation is 1. The Bertz CT molecular complexity index is 861. The smallest absolute Gasteiger partial charge is 0.271 e. The van der Waals surface area contributed by atoms with Crippen molar-refractivity contribution in [3.05, 3.63) is 51.6 Å². The van der Waals surface area contributed by atoms with Gasteiger partial charge in [0, 0.05) is 37.3 Å². The van der Waals surface area contributed by atoms with Crippen molar-refractivity contribution < 1.29 is 14.8 Å². The van der Waals surface area contributed by atoms with Gasteiger partial charge in [-0.3, -0.25) is 14.9 Å². The van der Waals surface area contributed by atoms with Crippen molar-refractivity contribution in [2.45, 2.75) is 26.2 Å². The number of nitro groups is 1. The molecule has 0 aliphatic carbocycles. The molecule has 3 N–H and O–H groups in total. The zero-order valence-electron chi connectivity index (χ0n) is 15.0. The highest BCUT2D eigenvalue weighted by Gasteiger charge is 2.23. The number of primary amides is 1. The number of rotatable bonds is 5. The lowest BCUT2D eigenvalue weighted by atomic mass is 9.92. The van der Waals surface area contributed by atoms with Crippen molar-refractivity contribution in [2.24, 2.45) is 11.7 Å². The molecule has 3 rings (SSSR count). The van der Waals surface area contributed by atoms with Gasteiger partial charge in [-0.15, -0.1) is 0 Å². The van der Waals surface area contributed by atoms with Crippen molar-refractivity contribution in [3.8, 4) is 5.75 Å². The van der Waals surface area contributed by atoms with Crippen molar-refractivity contribution in [1.29, 1.82) is 0 Å². The number of anilines is 1. The van der Waals surface area contributed by atoms with Gasteiger partial charge in [-0.05, 0) is 37.8 Å². The predicted molar refractivity (Wildman–Crippen MR) is 98.7 cm³/mol. The molecule has 1 aliphatic heterocycles. The first kappa shape index (κ1) is 18.6. The van der Waals surface area contributed by atoms with Crippen LogP contribution in [-0.2, 0) is 6.42 Å². The number of carbonyl (C=O) groups excluding carboxylic acids is 1. The van der Waals surface area contributed by atoms with Gasteiger partial charge in [-0.2, -0.15) is 0 Å². The number of aromatic nitrogens is 2. The second-order valence-corrected chi connectivity index (χ2v) is 6.69. The maximum absolute atomic E-state index is 11.4. The van der Waals surface area contributed by atoms with Crippen LogP contribution in [0.3, 0.4) is 0 Å². The Labute approximate surface area is 156 Å². The lowest BCUT2D eigenvalue weighted by Gasteiger charge is -2.33. The lowest BCUT2D eigenvalue weighted by molar-refractivity contribution is -0.384. The molecule has 0 atom stereocenters. The molecule has 0 spiro atoms. The molecular weight excluding hydrogens is 350 g/mol. The van der Waals surface area contributed by atoms with Gasteiger partial charge in [-0.25, -0.2) is 9.97 Å². The standard InChI is InChI=1S/C18H21N5O4/c1-11-17(24)16(18(19)25)21-15(20-11)10-12-6-8-22(9-7-12)13-2-4-14(5-3-13)23(26)27/h2-5,12,24H,6-10H2,1H3,(H2,19,25). The number of piperidine rings is 1. The van der Waals surface area contributed by atoms with E-state index in [1.54, 1.807) is 19.1 Å². The molecule has 1 aliphatic rings. The Kier molecular flexibility index (Phi) is 5.20. The number of carbonyl (C=O) groups is 1. The molecule has 1 saturated heterocycles.